The average Bonchev–Trinajstić information content (AvgIpc) is 3.07. The summed E-state index contributed by atoms with van der Waals surface area (Å²) in [4.78, 5) is 36.2. The van der Waals surface area contributed by atoms with Gasteiger partial charge in [0.25, 0.3) is 0 Å². The number of carbonyl (C=O) groups is 3. The predicted molar refractivity (Wildman–Crippen MR) is 117 cm³/mol. The van der Waals surface area contributed by atoms with E-state index in [1.807, 2.05) is 30.3 Å². The first-order chi connectivity index (χ1) is 15.1. The van der Waals surface area contributed by atoms with Crippen molar-refractivity contribution >= 4 is 18.2 Å². The summed E-state index contributed by atoms with van der Waals surface area (Å²) in [7, 11) is 1.19. The van der Waals surface area contributed by atoms with Crippen LogP contribution in [0.5, 0.6) is 5.75 Å². The van der Waals surface area contributed by atoms with Crippen LogP contribution in [0.2, 0.25) is 0 Å². The van der Waals surface area contributed by atoms with Gasteiger partial charge in [-0.2, -0.15) is 0 Å². The first kappa shape index (κ1) is 24.8. The molecule has 9 nitrogen and oxygen atoms in total. The fourth-order valence-electron chi connectivity index (χ4n) is 2.89. The SMILES string of the molecule is COC(=O)c1cn(C(=O)OC(C)(C)C)c(CCCCNC(=O)OCc2ccccc2)c1O. The highest BCUT2D eigenvalue weighted by Crippen LogP contribution is 2.28. The Labute approximate surface area is 187 Å². The van der Waals surface area contributed by atoms with Crippen LogP contribution in [0.4, 0.5) is 9.59 Å². The molecule has 0 fully saturated rings. The zero-order valence-electron chi connectivity index (χ0n) is 18.8. The van der Waals surface area contributed by atoms with Gasteiger partial charge in [0.1, 0.15) is 17.8 Å². The number of unbranched alkanes of at least 4 members (excludes halogenated alkanes) is 1. The van der Waals surface area contributed by atoms with Gasteiger partial charge in [0.2, 0.25) is 0 Å². The molecule has 0 atom stereocenters. The number of hydrogen-bond acceptors (Lipinski definition) is 7. The van der Waals surface area contributed by atoms with E-state index >= 15 is 0 Å². The molecule has 0 aliphatic carbocycles. The summed E-state index contributed by atoms with van der Waals surface area (Å²) in [6.07, 6.45) is 1.35. The summed E-state index contributed by atoms with van der Waals surface area (Å²) in [5.74, 6) is -1.08. The summed E-state index contributed by atoms with van der Waals surface area (Å²) < 4.78 is 16.3. The third-order valence-electron chi connectivity index (χ3n) is 4.40. The molecule has 1 aromatic heterocycles. The molecule has 0 saturated carbocycles. The second-order valence-electron chi connectivity index (χ2n) is 8.13. The maximum Gasteiger partial charge on any atom is 0.418 e. The van der Waals surface area contributed by atoms with Crippen molar-refractivity contribution in [2.75, 3.05) is 13.7 Å². The Morgan fingerprint density at radius 1 is 1.09 bits per heavy atom. The van der Waals surface area contributed by atoms with E-state index in [0.29, 0.717) is 19.4 Å². The highest BCUT2D eigenvalue weighted by atomic mass is 16.6. The predicted octanol–water partition coefficient (Wildman–Crippen LogP) is 4.01. The van der Waals surface area contributed by atoms with E-state index in [1.54, 1.807) is 20.8 Å². The van der Waals surface area contributed by atoms with Crippen molar-refractivity contribution in [2.24, 2.45) is 0 Å². The van der Waals surface area contributed by atoms with Crippen molar-refractivity contribution in [1.82, 2.24) is 9.88 Å². The molecule has 0 bridgehead atoms. The number of aromatic hydroxyl groups is 1. The van der Waals surface area contributed by atoms with Gasteiger partial charge in [-0.15, -0.1) is 0 Å². The molecule has 1 amide bonds. The van der Waals surface area contributed by atoms with E-state index in [0.717, 1.165) is 10.1 Å². The van der Waals surface area contributed by atoms with Crippen molar-refractivity contribution in [1.29, 1.82) is 0 Å². The number of ether oxygens (including phenoxy) is 3. The molecular formula is C23H30N2O7. The summed E-state index contributed by atoms with van der Waals surface area (Å²) >= 11 is 0. The van der Waals surface area contributed by atoms with E-state index in [9.17, 15) is 19.5 Å². The topological polar surface area (TPSA) is 116 Å². The Morgan fingerprint density at radius 3 is 2.41 bits per heavy atom. The zero-order chi connectivity index (χ0) is 23.7. The Bertz CT molecular complexity index is 930. The van der Waals surface area contributed by atoms with Crippen LogP contribution in [0.3, 0.4) is 0 Å². The summed E-state index contributed by atoms with van der Waals surface area (Å²) in [5.41, 5.74) is 0.272. The zero-order valence-corrected chi connectivity index (χ0v) is 18.8. The van der Waals surface area contributed by atoms with Crippen LogP contribution in [0.25, 0.3) is 0 Å². The van der Waals surface area contributed by atoms with Gasteiger partial charge >= 0.3 is 18.2 Å². The van der Waals surface area contributed by atoms with Crippen LogP contribution in [0.1, 0.15) is 55.2 Å². The number of esters is 1. The molecule has 9 heteroatoms. The van der Waals surface area contributed by atoms with Gasteiger partial charge in [-0.25, -0.2) is 14.4 Å². The molecule has 2 N–H and O–H groups in total. The van der Waals surface area contributed by atoms with Crippen molar-refractivity contribution < 1.29 is 33.7 Å². The maximum absolute atomic E-state index is 12.5. The number of carbonyl (C=O) groups excluding carboxylic acids is 3. The van der Waals surface area contributed by atoms with Crippen molar-refractivity contribution in [3.63, 3.8) is 0 Å². The van der Waals surface area contributed by atoms with Crippen molar-refractivity contribution in [3.8, 4) is 5.75 Å². The number of rotatable bonds is 8. The minimum absolute atomic E-state index is 0.115. The molecule has 1 aromatic carbocycles. The second kappa shape index (κ2) is 11.2. The van der Waals surface area contributed by atoms with E-state index < -0.39 is 23.8 Å². The summed E-state index contributed by atoms with van der Waals surface area (Å²) in [6.45, 7) is 5.69. The van der Waals surface area contributed by atoms with Crippen LogP contribution < -0.4 is 5.32 Å². The largest absolute Gasteiger partial charge is 0.505 e. The number of aromatic nitrogens is 1. The highest BCUT2D eigenvalue weighted by molar-refractivity contribution is 5.94. The van der Waals surface area contributed by atoms with E-state index in [-0.39, 0.29) is 30.0 Å². The van der Waals surface area contributed by atoms with Crippen LogP contribution >= 0.6 is 0 Å². The van der Waals surface area contributed by atoms with Gasteiger partial charge in [-0.3, -0.25) is 4.57 Å². The quantitative estimate of drug-likeness (QED) is 0.357. The summed E-state index contributed by atoms with van der Waals surface area (Å²) in [6, 6.07) is 9.34. The number of methoxy groups -OCH3 is 1. The third kappa shape index (κ3) is 7.33. The smallest absolute Gasteiger partial charge is 0.418 e. The average molecular weight is 447 g/mol. The standard InChI is InChI=1S/C23H30N2O7/c1-23(2,3)32-22(29)25-14-17(20(27)30-4)19(26)18(25)12-8-9-13-24-21(28)31-15-16-10-6-5-7-11-16/h5-7,10-11,14,26H,8-9,12-13,15H2,1-4H3,(H,24,28). The minimum atomic E-state index is -0.756. The second-order valence-corrected chi connectivity index (χ2v) is 8.13. The third-order valence-corrected chi connectivity index (χ3v) is 4.40. The Hall–Kier alpha value is -3.49. The van der Waals surface area contributed by atoms with Gasteiger partial charge in [-0.05, 0) is 45.6 Å². The molecule has 32 heavy (non-hydrogen) atoms. The molecule has 0 radical (unpaired) electrons. The van der Waals surface area contributed by atoms with E-state index in [2.05, 4.69) is 10.1 Å². The van der Waals surface area contributed by atoms with E-state index in [1.165, 1.54) is 13.3 Å². The first-order valence-corrected chi connectivity index (χ1v) is 10.3. The molecule has 174 valence electrons. The first-order valence-electron chi connectivity index (χ1n) is 10.3. The molecule has 2 aromatic rings. The molecule has 2 rings (SSSR count). The van der Waals surface area contributed by atoms with Gasteiger partial charge in [-0.1, -0.05) is 30.3 Å². The number of hydrogen-bond donors (Lipinski definition) is 2. The molecule has 0 spiro atoms. The fourth-order valence-corrected chi connectivity index (χ4v) is 2.89. The van der Waals surface area contributed by atoms with Crippen LogP contribution in [-0.4, -0.2) is 47.1 Å². The van der Waals surface area contributed by atoms with Gasteiger partial charge in [0, 0.05) is 12.7 Å². The van der Waals surface area contributed by atoms with Crippen molar-refractivity contribution in [3.05, 3.63) is 53.3 Å². The number of benzene rings is 1. The summed E-state index contributed by atoms with van der Waals surface area (Å²) in [5, 5.41) is 13.1. The number of alkyl carbamates (subject to hydrolysis) is 1. The minimum Gasteiger partial charge on any atom is -0.505 e. The highest BCUT2D eigenvalue weighted by Gasteiger charge is 2.26. The van der Waals surface area contributed by atoms with Gasteiger partial charge < -0.3 is 24.6 Å². The van der Waals surface area contributed by atoms with E-state index in [4.69, 9.17) is 9.47 Å². The van der Waals surface area contributed by atoms with Crippen LogP contribution in [0.15, 0.2) is 36.5 Å². The number of amides is 1. The fraction of sp³-hybridized carbons (Fsp3) is 0.435. The molecule has 1 heterocycles. The number of nitrogens with zero attached hydrogens (tertiary/aromatic N) is 1. The van der Waals surface area contributed by atoms with Crippen molar-refractivity contribution in [2.45, 2.75) is 52.2 Å². The lowest BCUT2D eigenvalue weighted by molar-refractivity contribution is 0.0532. The molecule has 0 aliphatic heterocycles. The Morgan fingerprint density at radius 2 is 1.78 bits per heavy atom. The van der Waals surface area contributed by atoms with Crippen LogP contribution in [-0.2, 0) is 27.2 Å². The Kier molecular flexibility index (Phi) is 8.69. The molecule has 0 unspecified atom stereocenters. The molecule has 0 saturated heterocycles. The molecule has 0 aliphatic rings. The maximum atomic E-state index is 12.5. The monoisotopic (exact) mass is 446 g/mol. The molecular weight excluding hydrogens is 416 g/mol. The lowest BCUT2D eigenvalue weighted by Crippen LogP contribution is -2.28. The normalized spacial score (nSPS) is 11.0. The lowest BCUT2D eigenvalue weighted by atomic mass is 10.1. The van der Waals surface area contributed by atoms with Gasteiger partial charge in [0.05, 0.1) is 12.8 Å². The lowest BCUT2D eigenvalue weighted by Gasteiger charge is -2.20. The Balaban J connectivity index is 1.90. The number of nitrogens with one attached hydrogen (secondary N) is 1. The van der Waals surface area contributed by atoms with Gasteiger partial charge in [0.15, 0.2) is 5.75 Å². The van der Waals surface area contributed by atoms with Crippen LogP contribution in [0, 0.1) is 0 Å².